The molecule has 0 aromatic rings. The minimum atomic E-state index is 0.0575. The second-order valence-electron chi connectivity index (χ2n) is 3.43. The van der Waals surface area contributed by atoms with Gasteiger partial charge in [0.2, 0.25) is 5.91 Å². The third-order valence-electron chi connectivity index (χ3n) is 1.97. The van der Waals surface area contributed by atoms with Gasteiger partial charge in [0, 0.05) is 32.8 Å². The summed E-state index contributed by atoms with van der Waals surface area (Å²) in [6, 6.07) is 0.163. The number of methoxy groups -OCH3 is 1. The standard InChI is InChI=1S/C10H21NO3/c1-9(6-8-14-2)11-10(13)5-3-4-7-12/h9,12H,3-8H2,1-2H3,(H,11,13). The van der Waals surface area contributed by atoms with Crippen molar-refractivity contribution in [1.29, 1.82) is 0 Å². The summed E-state index contributed by atoms with van der Waals surface area (Å²) < 4.78 is 4.91. The van der Waals surface area contributed by atoms with E-state index >= 15 is 0 Å². The van der Waals surface area contributed by atoms with Crippen LogP contribution in [-0.4, -0.2) is 37.4 Å². The summed E-state index contributed by atoms with van der Waals surface area (Å²) in [4.78, 5) is 11.3. The number of aliphatic hydroxyl groups excluding tert-OH is 1. The van der Waals surface area contributed by atoms with E-state index < -0.39 is 0 Å². The van der Waals surface area contributed by atoms with Crippen LogP contribution in [0.2, 0.25) is 0 Å². The molecule has 84 valence electrons. The van der Waals surface area contributed by atoms with Gasteiger partial charge in [0.1, 0.15) is 0 Å². The first-order valence-corrected chi connectivity index (χ1v) is 5.10. The molecule has 0 aliphatic carbocycles. The van der Waals surface area contributed by atoms with Crippen molar-refractivity contribution in [2.24, 2.45) is 0 Å². The highest BCUT2D eigenvalue weighted by molar-refractivity contribution is 5.76. The largest absolute Gasteiger partial charge is 0.396 e. The highest BCUT2D eigenvalue weighted by atomic mass is 16.5. The number of hydrogen-bond donors (Lipinski definition) is 2. The lowest BCUT2D eigenvalue weighted by atomic mass is 10.2. The quantitative estimate of drug-likeness (QED) is 0.571. The molecular weight excluding hydrogens is 182 g/mol. The average Bonchev–Trinajstić information content (AvgIpc) is 2.15. The number of amides is 1. The molecule has 1 atom stereocenters. The topological polar surface area (TPSA) is 58.6 Å². The summed E-state index contributed by atoms with van der Waals surface area (Å²) in [7, 11) is 1.65. The molecule has 0 heterocycles. The summed E-state index contributed by atoms with van der Waals surface area (Å²) in [6.45, 7) is 2.79. The van der Waals surface area contributed by atoms with Crippen LogP contribution in [0.1, 0.15) is 32.6 Å². The zero-order chi connectivity index (χ0) is 10.8. The van der Waals surface area contributed by atoms with E-state index in [1.54, 1.807) is 7.11 Å². The van der Waals surface area contributed by atoms with E-state index in [0.29, 0.717) is 19.4 Å². The smallest absolute Gasteiger partial charge is 0.220 e. The number of carbonyl (C=O) groups is 1. The first-order valence-electron chi connectivity index (χ1n) is 5.10. The fraction of sp³-hybridized carbons (Fsp3) is 0.900. The first-order chi connectivity index (χ1) is 6.70. The van der Waals surface area contributed by atoms with Gasteiger partial charge in [-0.25, -0.2) is 0 Å². The van der Waals surface area contributed by atoms with Crippen LogP contribution < -0.4 is 5.32 Å². The number of unbranched alkanes of at least 4 members (excludes halogenated alkanes) is 1. The predicted molar refractivity (Wildman–Crippen MR) is 55.0 cm³/mol. The van der Waals surface area contributed by atoms with Crippen molar-refractivity contribution in [3.8, 4) is 0 Å². The van der Waals surface area contributed by atoms with Crippen molar-refractivity contribution in [1.82, 2.24) is 5.32 Å². The summed E-state index contributed by atoms with van der Waals surface area (Å²) in [5.74, 6) is 0.0575. The number of hydrogen-bond acceptors (Lipinski definition) is 3. The molecule has 0 saturated heterocycles. The van der Waals surface area contributed by atoms with E-state index in [-0.39, 0.29) is 18.6 Å². The fourth-order valence-corrected chi connectivity index (χ4v) is 1.11. The van der Waals surface area contributed by atoms with Crippen molar-refractivity contribution in [3.63, 3.8) is 0 Å². The molecule has 0 aliphatic heterocycles. The molecule has 0 bridgehead atoms. The Morgan fingerprint density at radius 1 is 1.50 bits per heavy atom. The molecule has 0 aromatic heterocycles. The maximum Gasteiger partial charge on any atom is 0.220 e. The number of aliphatic hydroxyl groups is 1. The summed E-state index contributed by atoms with van der Waals surface area (Å²) >= 11 is 0. The molecule has 0 rings (SSSR count). The normalized spacial score (nSPS) is 12.5. The summed E-state index contributed by atoms with van der Waals surface area (Å²) in [5, 5.41) is 11.4. The van der Waals surface area contributed by atoms with Gasteiger partial charge in [0.25, 0.3) is 0 Å². The molecule has 0 saturated carbocycles. The van der Waals surface area contributed by atoms with E-state index in [1.807, 2.05) is 6.92 Å². The van der Waals surface area contributed by atoms with Gasteiger partial charge in [-0.1, -0.05) is 0 Å². The van der Waals surface area contributed by atoms with Crippen molar-refractivity contribution >= 4 is 5.91 Å². The maximum absolute atomic E-state index is 11.3. The van der Waals surface area contributed by atoms with Crippen LogP contribution in [0.3, 0.4) is 0 Å². The Balaban J connectivity index is 3.40. The SMILES string of the molecule is COCCC(C)NC(=O)CCCCO. The van der Waals surface area contributed by atoms with E-state index in [4.69, 9.17) is 9.84 Å². The summed E-state index contributed by atoms with van der Waals surface area (Å²) in [5.41, 5.74) is 0. The second kappa shape index (κ2) is 8.97. The Hall–Kier alpha value is -0.610. The molecule has 1 amide bonds. The Bertz CT molecular complexity index is 150. The Labute approximate surface area is 85.6 Å². The number of carbonyl (C=O) groups excluding carboxylic acids is 1. The van der Waals surface area contributed by atoms with Crippen LogP contribution in [0, 0.1) is 0 Å². The fourth-order valence-electron chi connectivity index (χ4n) is 1.11. The van der Waals surface area contributed by atoms with Crippen molar-refractivity contribution < 1.29 is 14.6 Å². The van der Waals surface area contributed by atoms with Crippen LogP contribution in [0.4, 0.5) is 0 Å². The highest BCUT2D eigenvalue weighted by Gasteiger charge is 2.06. The monoisotopic (exact) mass is 203 g/mol. The molecule has 0 spiro atoms. The third-order valence-corrected chi connectivity index (χ3v) is 1.97. The van der Waals surface area contributed by atoms with E-state index in [1.165, 1.54) is 0 Å². The molecule has 4 heteroatoms. The molecule has 2 N–H and O–H groups in total. The molecule has 0 radical (unpaired) electrons. The first kappa shape index (κ1) is 13.4. The van der Waals surface area contributed by atoms with Gasteiger partial charge in [-0.2, -0.15) is 0 Å². The molecule has 1 unspecified atom stereocenters. The molecular formula is C10H21NO3. The van der Waals surface area contributed by atoms with Gasteiger partial charge in [-0.05, 0) is 26.2 Å². The summed E-state index contributed by atoms with van der Waals surface area (Å²) in [6.07, 6.45) is 2.78. The van der Waals surface area contributed by atoms with E-state index in [0.717, 1.165) is 12.8 Å². The van der Waals surface area contributed by atoms with Gasteiger partial charge in [0.15, 0.2) is 0 Å². The van der Waals surface area contributed by atoms with Crippen LogP contribution in [-0.2, 0) is 9.53 Å². The molecule has 14 heavy (non-hydrogen) atoms. The minimum Gasteiger partial charge on any atom is -0.396 e. The zero-order valence-corrected chi connectivity index (χ0v) is 9.08. The van der Waals surface area contributed by atoms with Crippen LogP contribution in [0.15, 0.2) is 0 Å². The molecule has 0 fully saturated rings. The van der Waals surface area contributed by atoms with Gasteiger partial charge in [-0.3, -0.25) is 4.79 Å². The van der Waals surface area contributed by atoms with Crippen molar-refractivity contribution in [2.75, 3.05) is 20.3 Å². The van der Waals surface area contributed by atoms with Gasteiger partial charge >= 0.3 is 0 Å². The third kappa shape index (κ3) is 8.01. The van der Waals surface area contributed by atoms with Gasteiger partial charge in [0.05, 0.1) is 0 Å². The highest BCUT2D eigenvalue weighted by Crippen LogP contribution is 1.96. The number of rotatable bonds is 8. The van der Waals surface area contributed by atoms with Gasteiger partial charge < -0.3 is 15.2 Å². The Kier molecular flexibility index (Phi) is 8.57. The Morgan fingerprint density at radius 3 is 2.79 bits per heavy atom. The van der Waals surface area contributed by atoms with Crippen molar-refractivity contribution in [2.45, 2.75) is 38.6 Å². The lowest BCUT2D eigenvalue weighted by Gasteiger charge is -2.12. The number of nitrogens with one attached hydrogen (secondary N) is 1. The van der Waals surface area contributed by atoms with Crippen LogP contribution in [0.5, 0.6) is 0 Å². The lowest BCUT2D eigenvalue weighted by molar-refractivity contribution is -0.121. The predicted octanol–water partition coefficient (Wildman–Crippen LogP) is 0.690. The number of ether oxygens (including phenoxy) is 1. The average molecular weight is 203 g/mol. The van der Waals surface area contributed by atoms with Gasteiger partial charge in [-0.15, -0.1) is 0 Å². The Morgan fingerprint density at radius 2 is 2.21 bits per heavy atom. The zero-order valence-electron chi connectivity index (χ0n) is 9.08. The van der Waals surface area contributed by atoms with Crippen LogP contribution in [0.25, 0.3) is 0 Å². The maximum atomic E-state index is 11.3. The van der Waals surface area contributed by atoms with E-state index in [2.05, 4.69) is 5.32 Å². The molecule has 0 aliphatic rings. The molecule has 4 nitrogen and oxygen atoms in total. The van der Waals surface area contributed by atoms with Crippen molar-refractivity contribution in [3.05, 3.63) is 0 Å². The van der Waals surface area contributed by atoms with E-state index in [9.17, 15) is 4.79 Å². The van der Waals surface area contributed by atoms with Crippen LogP contribution >= 0.6 is 0 Å². The molecule has 0 aromatic carbocycles. The lowest BCUT2D eigenvalue weighted by Crippen LogP contribution is -2.33. The second-order valence-corrected chi connectivity index (χ2v) is 3.43. The minimum absolute atomic E-state index is 0.0575.